The number of amides is 2. The molecule has 0 saturated carbocycles. The van der Waals surface area contributed by atoms with Gasteiger partial charge < -0.3 is 24.5 Å². The van der Waals surface area contributed by atoms with Crippen molar-refractivity contribution in [2.24, 2.45) is 5.92 Å². The van der Waals surface area contributed by atoms with Crippen LogP contribution < -0.4 is 19.6 Å². The Kier molecular flexibility index (Phi) is 8.53. The maximum atomic E-state index is 14.1. The summed E-state index contributed by atoms with van der Waals surface area (Å²) < 4.78 is 10.8. The summed E-state index contributed by atoms with van der Waals surface area (Å²) in [6, 6.07) is 7.63. The van der Waals surface area contributed by atoms with E-state index >= 15 is 0 Å². The number of nitrogens with one attached hydrogen (secondary N) is 1. The lowest BCUT2D eigenvalue weighted by Crippen LogP contribution is -2.99. The van der Waals surface area contributed by atoms with Crippen LogP contribution >= 0.6 is 0 Å². The van der Waals surface area contributed by atoms with Crippen LogP contribution in [0, 0.1) is 23.0 Å². The van der Waals surface area contributed by atoms with E-state index < -0.39 is 5.23 Å². The number of piperazine rings is 1. The van der Waals surface area contributed by atoms with Crippen molar-refractivity contribution >= 4 is 23.2 Å². The number of pyridine rings is 1. The number of nitrogens with zero attached hydrogens (tertiary/aromatic N) is 4. The van der Waals surface area contributed by atoms with Crippen LogP contribution in [0.1, 0.15) is 20.3 Å². The lowest BCUT2D eigenvalue weighted by Gasteiger charge is -2.43. The summed E-state index contributed by atoms with van der Waals surface area (Å²) in [7, 11) is 3.03. The minimum atomic E-state index is -1.18. The van der Waals surface area contributed by atoms with Gasteiger partial charge in [-0.05, 0) is 38.1 Å². The molecule has 1 fully saturated rings. The molecule has 0 bridgehead atoms. The second-order valence-corrected chi connectivity index (χ2v) is 9.15. The standard InChI is InChI=1S/C28H33N5O5/c1-20-8-5-10-22(11-6-9-20)31-17-16-30(19-21(31)2)28(34)32(27-24(33(35)36)12-7-15-29-27)23-13-14-25(37-3)26(18-23)38-4/h5,7-8,10,12-15,18,20-21,33,35H,11,16-17,19H2,1-4H3. The Balaban J connectivity index is 1.66. The van der Waals surface area contributed by atoms with E-state index in [0.717, 1.165) is 5.70 Å². The third-order valence-corrected chi connectivity index (χ3v) is 6.60. The van der Waals surface area contributed by atoms with Gasteiger partial charge in [0, 0.05) is 62.0 Å². The third kappa shape index (κ3) is 5.75. The predicted molar refractivity (Wildman–Crippen MR) is 144 cm³/mol. The van der Waals surface area contributed by atoms with E-state index in [1.807, 2.05) is 6.08 Å². The first kappa shape index (κ1) is 27.0. The first-order chi connectivity index (χ1) is 18.3. The van der Waals surface area contributed by atoms with Crippen LogP contribution in [0.15, 0.2) is 60.5 Å². The fourth-order valence-corrected chi connectivity index (χ4v) is 4.67. The molecule has 1 saturated heterocycles. The van der Waals surface area contributed by atoms with Crippen LogP contribution in [0.3, 0.4) is 0 Å². The van der Waals surface area contributed by atoms with E-state index in [2.05, 4.69) is 47.7 Å². The molecule has 0 spiro atoms. The molecular weight excluding hydrogens is 486 g/mol. The maximum absolute atomic E-state index is 14.1. The zero-order chi connectivity index (χ0) is 27.2. The fourth-order valence-electron chi connectivity index (χ4n) is 4.67. The Bertz CT molecular complexity index is 1280. The number of hydrogen-bond acceptors (Lipinski definition) is 7. The minimum Gasteiger partial charge on any atom is -0.595 e. The lowest BCUT2D eigenvalue weighted by atomic mass is 10.1. The molecule has 1 aliphatic carbocycles. The summed E-state index contributed by atoms with van der Waals surface area (Å²) in [6.07, 6.45) is 8.34. The molecule has 2 aliphatic rings. The van der Waals surface area contributed by atoms with Crippen molar-refractivity contribution in [2.75, 3.05) is 38.8 Å². The zero-order valence-corrected chi connectivity index (χ0v) is 22.0. The van der Waals surface area contributed by atoms with Crippen LogP contribution in [0.25, 0.3) is 0 Å². The highest BCUT2D eigenvalue weighted by atomic mass is 16.8. The van der Waals surface area contributed by atoms with Crippen LogP contribution in [-0.2, 0) is 0 Å². The topological polar surface area (TPSA) is 106 Å². The Morgan fingerprint density at radius 3 is 2.71 bits per heavy atom. The molecule has 10 heteroatoms. The minimum absolute atomic E-state index is 0.0286. The summed E-state index contributed by atoms with van der Waals surface area (Å²) in [5.41, 5.74) is 1.46. The Morgan fingerprint density at radius 2 is 2.00 bits per heavy atom. The number of methoxy groups -OCH3 is 2. The second kappa shape index (κ2) is 12.0. The number of benzene rings is 1. The van der Waals surface area contributed by atoms with Crippen molar-refractivity contribution < 1.29 is 24.7 Å². The highest BCUT2D eigenvalue weighted by Crippen LogP contribution is 2.36. The molecule has 0 radical (unpaired) electrons. The van der Waals surface area contributed by atoms with Gasteiger partial charge >= 0.3 is 6.03 Å². The van der Waals surface area contributed by atoms with Crippen molar-refractivity contribution in [3.05, 3.63) is 65.7 Å². The number of urea groups is 1. The van der Waals surface area contributed by atoms with E-state index in [9.17, 15) is 15.2 Å². The van der Waals surface area contributed by atoms with Crippen molar-refractivity contribution in [1.29, 1.82) is 0 Å². The Morgan fingerprint density at radius 1 is 1.21 bits per heavy atom. The first-order valence-corrected chi connectivity index (χ1v) is 12.5. The largest absolute Gasteiger partial charge is 0.595 e. The normalized spacial score (nSPS) is 19.9. The molecule has 2 amide bonds. The number of hydrogen-bond donors (Lipinski definition) is 2. The molecule has 1 aliphatic heterocycles. The second-order valence-electron chi connectivity index (χ2n) is 9.15. The van der Waals surface area contributed by atoms with Gasteiger partial charge in [0.15, 0.2) is 11.5 Å². The van der Waals surface area contributed by atoms with E-state index in [1.165, 1.54) is 37.4 Å². The number of ether oxygens (including phenoxy) is 2. The molecule has 10 nitrogen and oxygen atoms in total. The lowest BCUT2D eigenvalue weighted by molar-refractivity contribution is -0.991. The van der Waals surface area contributed by atoms with Crippen molar-refractivity contribution in [1.82, 2.24) is 14.8 Å². The van der Waals surface area contributed by atoms with E-state index in [4.69, 9.17) is 9.47 Å². The predicted octanol–water partition coefficient (Wildman–Crippen LogP) is 3.25. The molecule has 2 aromatic rings. The van der Waals surface area contributed by atoms with E-state index in [0.29, 0.717) is 43.2 Å². The van der Waals surface area contributed by atoms with Gasteiger partial charge in [0.25, 0.3) is 0 Å². The van der Waals surface area contributed by atoms with Gasteiger partial charge in [-0.1, -0.05) is 24.0 Å². The average Bonchev–Trinajstić information content (AvgIpc) is 2.91. The number of quaternary nitrogens is 1. The fraction of sp³-hybridized carbons (Fsp3) is 0.357. The van der Waals surface area contributed by atoms with Crippen molar-refractivity contribution in [3.8, 4) is 23.3 Å². The summed E-state index contributed by atoms with van der Waals surface area (Å²) >= 11 is 0. The van der Waals surface area contributed by atoms with Crippen LogP contribution in [0.5, 0.6) is 11.5 Å². The SMILES string of the molecule is COc1ccc(N(C(=O)N2CCN(C3=CC=CC(C)C#CC3)C(C)C2)c2ncccc2[NH+]([O-])O)cc1OC. The van der Waals surface area contributed by atoms with Gasteiger partial charge in [0.2, 0.25) is 11.5 Å². The summed E-state index contributed by atoms with van der Waals surface area (Å²) in [5.74, 6) is 7.64. The van der Waals surface area contributed by atoms with Gasteiger partial charge in [-0.2, -0.15) is 5.23 Å². The van der Waals surface area contributed by atoms with Gasteiger partial charge in [0.05, 0.1) is 19.9 Å². The molecule has 4 rings (SSSR count). The Labute approximate surface area is 222 Å². The van der Waals surface area contributed by atoms with Crippen molar-refractivity contribution in [2.45, 2.75) is 26.3 Å². The molecule has 1 aromatic heterocycles. The quantitative estimate of drug-likeness (QED) is 0.446. The molecule has 3 atom stereocenters. The number of rotatable bonds is 6. The van der Waals surface area contributed by atoms with Crippen LogP contribution in [0.2, 0.25) is 0 Å². The zero-order valence-electron chi connectivity index (χ0n) is 22.0. The molecule has 1 aromatic carbocycles. The molecular formula is C28H33N5O5. The van der Waals surface area contributed by atoms with Gasteiger partial charge in [-0.3, -0.25) is 0 Å². The van der Waals surface area contributed by atoms with Crippen molar-refractivity contribution in [3.63, 3.8) is 0 Å². The molecule has 2 N–H and O–H groups in total. The highest BCUT2D eigenvalue weighted by molar-refractivity contribution is 6.00. The molecule has 2 heterocycles. The van der Waals surface area contributed by atoms with Gasteiger partial charge in [0.1, 0.15) is 0 Å². The number of carbonyl (C=O) groups excluding carboxylic acids is 1. The summed E-state index contributed by atoms with van der Waals surface area (Å²) in [4.78, 5) is 23.7. The molecule has 200 valence electrons. The van der Waals surface area contributed by atoms with Crippen LogP contribution in [0.4, 0.5) is 22.0 Å². The van der Waals surface area contributed by atoms with Gasteiger partial charge in [-0.15, -0.1) is 0 Å². The maximum Gasteiger partial charge on any atom is 0.330 e. The van der Waals surface area contributed by atoms with E-state index in [1.54, 1.807) is 23.1 Å². The summed E-state index contributed by atoms with van der Waals surface area (Å²) in [6.45, 7) is 5.66. The molecule has 3 unspecified atom stereocenters. The smallest absolute Gasteiger partial charge is 0.330 e. The first-order valence-electron chi connectivity index (χ1n) is 12.5. The third-order valence-electron chi connectivity index (χ3n) is 6.60. The van der Waals surface area contributed by atoms with Gasteiger partial charge in [-0.25, -0.2) is 19.9 Å². The average molecular weight is 520 g/mol. The number of aromatic nitrogens is 1. The highest BCUT2D eigenvalue weighted by Gasteiger charge is 2.34. The number of anilines is 2. The summed E-state index contributed by atoms with van der Waals surface area (Å²) in [5, 5.41) is 20.7. The number of allylic oxidation sites excluding steroid dienone is 4. The van der Waals surface area contributed by atoms with Crippen LogP contribution in [-0.4, -0.2) is 65.9 Å². The Hall–Kier alpha value is -4.04. The number of carbonyl (C=O) groups is 1. The monoisotopic (exact) mass is 519 g/mol. The molecule has 38 heavy (non-hydrogen) atoms. The van der Waals surface area contributed by atoms with E-state index in [-0.39, 0.29) is 29.5 Å².